The summed E-state index contributed by atoms with van der Waals surface area (Å²) in [5, 5.41) is 3.68. The van der Waals surface area contributed by atoms with E-state index in [-0.39, 0.29) is 0 Å². The average molecular weight is 313 g/mol. The van der Waals surface area contributed by atoms with Crippen LogP contribution in [0, 0.1) is 6.92 Å². The number of pyridine rings is 1. The number of nitrogens with one attached hydrogen (secondary N) is 1. The van der Waals surface area contributed by atoms with E-state index in [0.29, 0.717) is 16.5 Å². The zero-order valence-electron chi connectivity index (χ0n) is 9.17. The number of nitrogens with zero attached hydrogens (tertiary/aromatic N) is 1. The van der Waals surface area contributed by atoms with E-state index in [9.17, 15) is 0 Å². The summed E-state index contributed by atoms with van der Waals surface area (Å²) in [5.74, 6) is 0.603. The van der Waals surface area contributed by atoms with E-state index in [1.807, 2.05) is 25.1 Å². The molecule has 0 spiro atoms. The third kappa shape index (κ3) is 2.90. The molecule has 2 rings (SSSR count). The molecule has 3 N–H and O–H groups in total. The van der Waals surface area contributed by atoms with Crippen LogP contribution in [0.2, 0.25) is 5.02 Å². The molecular formula is C12H11BrClN3. The highest BCUT2D eigenvalue weighted by Gasteiger charge is 2.05. The first-order chi connectivity index (χ1) is 8.06. The molecule has 0 atom stereocenters. The summed E-state index contributed by atoms with van der Waals surface area (Å²) in [7, 11) is 0. The minimum atomic E-state index is 0.507. The number of benzene rings is 1. The summed E-state index contributed by atoms with van der Waals surface area (Å²) in [6.45, 7) is 2.01. The van der Waals surface area contributed by atoms with E-state index in [4.69, 9.17) is 17.3 Å². The number of halogens is 2. The second-order valence-electron chi connectivity index (χ2n) is 3.68. The summed E-state index contributed by atoms with van der Waals surface area (Å²) < 4.78 is 1.04. The van der Waals surface area contributed by atoms with Gasteiger partial charge >= 0.3 is 0 Å². The van der Waals surface area contributed by atoms with Crippen molar-refractivity contribution in [1.29, 1.82) is 0 Å². The number of aryl methyl sites for hydroxylation is 1. The third-order valence-corrected chi connectivity index (χ3v) is 3.09. The van der Waals surface area contributed by atoms with Gasteiger partial charge in [-0.2, -0.15) is 0 Å². The second kappa shape index (κ2) is 4.94. The molecule has 0 bridgehead atoms. The first kappa shape index (κ1) is 12.2. The predicted octanol–water partition coefficient (Wildman–Crippen LogP) is 4.13. The van der Waals surface area contributed by atoms with Crippen molar-refractivity contribution >= 4 is 44.7 Å². The highest BCUT2D eigenvalue weighted by molar-refractivity contribution is 9.10. The Morgan fingerprint density at radius 1 is 1.35 bits per heavy atom. The molecule has 1 heterocycles. The van der Waals surface area contributed by atoms with E-state index < -0.39 is 0 Å². The third-order valence-electron chi connectivity index (χ3n) is 2.30. The largest absolute Gasteiger partial charge is 0.397 e. The first-order valence-corrected chi connectivity index (χ1v) is 6.17. The van der Waals surface area contributed by atoms with E-state index in [1.54, 1.807) is 12.3 Å². The molecule has 0 aliphatic heterocycles. The van der Waals surface area contributed by atoms with Gasteiger partial charge in [0, 0.05) is 10.2 Å². The molecule has 0 saturated heterocycles. The maximum Gasteiger partial charge on any atom is 0.149 e. The fraction of sp³-hybridized carbons (Fsp3) is 0.0833. The molecule has 17 heavy (non-hydrogen) atoms. The van der Waals surface area contributed by atoms with E-state index >= 15 is 0 Å². The molecule has 0 fully saturated rings. The Bertz CT molecular complexity index is 508. The molecule has 0 unspecified atom stereocenters. The number of hydrogen-bond acceptors (Lipinski definition) is 3. The minimum Gasteiger partial charge on any atom is -0.397 e. The molecular weight excluding hydrogens is 302 g/mol. The number of aromatic nitrogens is 1. The number of rotatable bonds is 2. The molecule has 1 aromatic heterocycles. The van der Waals surface area contributed by atoms with Crippen LogP contribution < -0.4 is 11.1 Å². The molecule has 0 amide bonds. The van der Waals surface area contributed by atoms with E-state index in [2.05, 4.69) is 26.2 Å². The maximum atomic E-state index is 6.05. The van der Waals surface area contributed by atoms with Crippen LogP contribution in [0.25, 0.3) is 0 Å². The summed E-state index contributed by atoms with van der Waals surface area (Å²) in [5.41, 5.74) is 8.21. The lowest BCUT2D eigenvalue weighted by atomic mass is 10.2. The van der Waals surface area contributed by atoms with Crippen molar-refractivity contribution < 1.29 is 0 Å². The Kier molecular flexibility index (Phi) is 3.54. The smallest absolute Gasteiger partial charge is 0.149 e. The van der Waals surface area contributed by atoms with Crippen molar-refractivity contribution in [2.45, 2.75) is 6.92 Å². The number of hydrogen-bond donors (Lipinski definition) is 2. The summed E-state index contributed by atoms with van der Waals surface area (Å²) in [4.78, 5) is 4.16. The fourth-order valence-electron chi connectivity index (χ4n) is 1.44. The van der Waals surface area contributed by atoms with Crippen molar-refractivity contribution in [3.63, 3.8) is 0 Å². The first-order valence-electron chi connectivity index (χ1n) is 5.00. The Balaban J connectivity index is 2.31. The van der Waals surface area contributed by atoms with Gasteiger partial charge in [0.1, 0.15) is 5.82 Å². The molecule has 2 aromatic rings. The number of nitrogens with two attached hydrogens (primary N) is 1. The second-order valence-corrected chi connectivity index (χ2v) is 5.01. The molecule has 0 radical (unpaired) electrons. The fourth-order valence-corrected chi connectivity index (χ4v) is 2.14. The van der Waals surface area contributed by atoms with Gasteiger partial charge in [0.25, 0.3) is 0 Å². The standard InChI is InChI=1S/C12H11BrClN3/c1-7-4-8(13)2-3-11(7)17-12-10(14)5-9(15)6-16-12/h2-6H,15H2,1H3,(H,16,17). The minimum absolute atomic E-state index is 0.507. The normalized spacial score (nSPS) is 10.3. The Morgan fingerprint density at radius 2 is 2.12 bits per heavy atom. The summed E-state index contributed by atoms with van der Waals surface area (Å²) >= 11 is 9.47. The van der Waals surface area contributed by atoms with Crippen molar-refractivity contribution in [2.24, 2.45) is 0 Å². The van der Waals surface area contributed by atoms with Gasteiger partial charge in [0.15, 0.2) is 0 Å². The van der Waals surface area contributed by atoms with E-state index in [1.165, 1.54) is 0 Å². The van der Waals surface area contributed by atoms with Crippen molar-refractivity contribution in [3.05, 3.63) is 45.5 Å². The number of nitrogen functional groups attached to an aromatic ring is 1. The van der Waals surface area contributed by atoms with Gasteiger partial charge < -0.3 is 11.1 Å². The van der Waals surface area contributed by atoms with Crippen LogP contribution in [0.5, 0.6) is 0 Å². The molecule has 88 valence electrons. The molecule has 3 nitrogen and oxygen atoms in total. The lowest BCUT2D eigenvalue weighted by molar-refractivity contribution is 1.30. The van der Waals surface area contributed by atoms with Crippen LogP contribution in [0.15, 0.2) is 34.9 Å². The van der Waals surface area contributed by atoms with Crippen LogP contribution in [-0.2, 0) is 0 Å². The molecule has 5 heteroatoms. The molecule has 0 aliphatic carbocycles. The summed E-state index contributed by atoms with van der Waals surface area (Å²) in [6, 6.07) is 7.62. The van der Waals surface area contributed by atoms with Gasteiger partial charge in [-0.1, -0.05) is 27.5 Å². The topological polar surface area (TPSA) is 50.9 Å². The Labute approximate surface area is 113 Å². The monoisotopic (exact) mass is 311 g/mol. The highest BCUT2D eigenvalue weighted by atomic mass is 79.9. The van der Waals surface area contributed by atoms with Crippen LogP contribution in [0.3, 0.4) is 0 Å². The number of anilines is 3. The quantitative estimate of drug-likeness (QED) is 0.876. The van der Waals surface area contributed by atoms with Crippen molar-refractivity contribution in [3.8, 4) is 0 Å². The van der Waals surface area contributed by atoms with Crippen LogP contribution in [0.1, 0.15) is 5.56 Å². The highest BCUT2D eigenvalue weighted by Crippen LogP contribution is 2.27. The molecule has 1 aromatic carbocycles. The van der Waals surface area contributed by atoms with Crippen molar-refractivity contribution in [1.82, 2.24) is 4.98 Å². The zero-order valence-corrected chi connectivity index (χ0v) is 11.5. The lowest BCUT2D eigenvalue weighted by Crippen LogP contribution is -1.97. The van der Waals surface area contributed by atoms with E-state index in [0.717, 1.165) is 15.7 Å². The van der Waals surface area contributed by atoms with Gasteiger partial charge in [-0.3, -0.25) is 0 Å². The molecule has 0 aliphatic rings. The van der Waals surface area contributed by atoms with Gasteiger partial charge in [-0.05, 0) is 36.8 Å². The van der Waals surface area contributed by atoms with Gasteiger partial charge in [0.2, 0.25) is 0 Å². The zero-order chi connectivity index (χ0) is 12.4. The maximum absolute atomic E-state index is 6.05. The molecule has 0 saturated carbocycles. The Morgan fingerprint density at radius 3 is 2.76 bits per heavy atom. The summed E-state index contributed by atoms with van der Waals surface area (Å²) in [6.07, 6.45) is 1.57. The van der Waals surface area contributed by atoms with Crippen LogP contribution in [0.4, 0.5) is 17.2 Å². The van der Waals surface area contributed by atoms with Gasteiger partial charge in [0.05, 0.1) is 16.9 Å². The van der Waals surface area contributed by atoms with Crippen molar-refractivity contribution in [2.75, 3.05) is 11.1 Å². The SMILES string of the molecule is Cc1cc(Br)ccc1Nc1ncc(N)cc1Cl. The lowest BCUT2D eigenvalue weighted by Gasteiger charge is -2.10. The predicted molar refractivity (Wildman–Crippen MR) is 75.8 cm³/mol. The van der Waals surface area contributed by atoms with Crippen LogP contribution in [-0.4, -0.2) is 4.98 Å². The van der Waals surface area contributed by atoms with Gasteiger partial charge in [-0.25, -0.2) is 4.98 Å². The van der Waals surface area contributed by atoms with Crippen LogP contribution >= 0.6 is 27.5 Å². The van der Waals surface area contributed by atoms with Gasteiger partial charge in [-0.15, -0.1) is 0 Å². The Hall–Kier alpha value is -1.26. The average Bonchev–Trinajstić information content (AvgIpc) is 2.25.